The molecule has 0 aromatic heterocycles. The largest absolute Gasteiger partial charge is 0.352 e. The van der Waals surface area contributed by atoms with E-state index >= 15 is 0 Å². The molecule has 4 heteroatoms. The Labute approximate surface area is 123 Å². The Morgan fingerprint density at radius 3 is 2.53 bits per heavy atom. The zero-order valence-electron chi connectivity index (χ0n) is 11.1. The fraction of sp³-hybridized carbons (Fsp3) is 0.533. The van der Waals surface area contributed by atoms with Crippen LogP contribution in [0.25, 0.3) is 0 Å². The Balaban J connectivity index is 1.87. The minimum atomic E-state index is 0.0738. The smallest absolute Gasteiger partial charge is 0.224 e. The van der Waals surface area contributed by atoms with E-state index in [1.165, 1.54) is 25.7 Å². The number of halogens is 1. The quantitative estimate of drug-likeness (QED) is 0.874. The lowest BCUT2D eigenvalue weighted by molar-refractivity contribution is -0.121. The molecule has 0 spiro atoms. The molecule has 19 heavy (non-hydrogen) atoms. The van der Waals surface area contributed by atoms with Crippen LogP contribution in [-0.2, 0) is 11.2 Å². The van der Waals surface area contributed by atoms with Crippen LogP contribution in [0.3, 0.4) is 0 Å². The van der Waals surface area contributed by atoms with Crippen LogP contribution in [0.5, 0.6) is 0 Å². The molecule has 0 bridgehead atoms. The number of carbonyl (C=O) groups is 1. The summed E-state index contributed by atoms with van der Waals surface area (Å²) in [4.78, 5) is 12.0. The SMILES string of the molecule is NCC(NC(=O)Cc1ccc(Br)cc1)C1CCCC1. The summed E-state index contributed by atoms with van der Waals surface area (Å²) in [5.74, 6) is 0.642. The summed E-state index contributed by atoms with van der Waals surface area (Å²) in [6.07, 6.45) is 5.35. The topological polar surface area (TPSA) is 55.1 Å². The van der Waals surface area contributed by atoms with E-state index < -0.39 is 0 Å². The van der Waals surface area contributed by atoms with Crippen molar-refractivity contribution in [2.75, 3.05) is 6.54 Å². The molecule has 1 aliphatic carbocycles. The minimum absolute atomic E-state index is 0.0738. The average Bonchev–Trinajstić information content (AvgIpc) is 2.92. The third-order valence-electron chi connectivity index (χ3n) is 3.85. The van der Waals surface area contributed by atoms with Crippen molar-refractivity contribution in [3.8, 4) is 0 Å². The van der Waals surface area contributed by atoms with Gasteiger partial charge in [0, 0.05) is 17.1 Å². The number of carbonyl (C=O) groups excluding carboxylic acids is 1. The van der Waals surface area contributed by atoms with Gasteiger partial charge in [0.2, 0.25) is 5.91 Å². The van der Waals surface area contributed by atoms with Gasteiger partial charge < -0.3 is 11.1 Å². The van der Waals surface area contributed by atoms with Gasteiger partial charge in [-0.05, 0) is 36.5 Å². The third kappa shape index (κ3) is 4.32. The van der Waals surface area contributed by atoms with Gasteiger partial charge in [0.15, 0.2) is 0 Å². The summed E-state index contributed by atoms with van der Waals surface area (Å²) in [6, 6.07) is 8.00. The van der Waals surface area contributed by atoms with Crippen LogP contribution >= 0.6 is 15.9 Å². The molecule has 3 nitrogen and oxygen atoms in total. The van der Waals surface area contributed by atoms with Gasteiger partial charge in [-0.25, -0.2) is 0 Å². The number of nitrogens with one attached hydrogen (secondary N) is 1. The van der Waals surface area contributed by atoms with Gasteiger partial charge in [0.05, 0.1) is 6.42 Å². The van der Waals surface area contributed by atoms with E-state index in [-0.39, 0.29) is 11.9 Å². The highest BCUT2D eigenvalue weighted by Crippen LogP contribution is 2.27. The van der Waals surface area contributed by atoms with Crippen LogP contribution in [-0.4, -0.2) is 18.5 Å². The normalized spacial score (nSPS) is 17.4. The van der Waals surface area contributed by atoms with Gasteiger partial charge in [0.25, 0.3) is 0 Å². The molecule has 1 unspecified atom stereocenters. The monoisotopic (exact) mass is 324 g/mol. The van der Waals surface area contributed by atoms with Crippen LogP contribution in [0.1, 0.15) is 31.2 Å². The molecule has 1 aromatic rings. The van der Waals surface area contributed by atoms with Crippen molar-refractivity contribution in [3.05, 3.63) is 34.3 Å². The number of nitrogens with two attached hydrogens (primary N) is 1. The summed E-state index contributed by atoms with van der Waals surface area (Å²) in [7, 11) is 0. The molecule has 1 fully saturated rings. The van der Waals surface area contributed by atoms with Crippen molar-refractivity contribution < 1.29 is 4.79 Å². The van der Waals surface area contributed by atoms with Crippen LogP contribution in [0.15, 0.2) is 28.7 Å². The molecule has 1 saturated carbocycles. The van der Waals surface area contributed by atoms with E-state index in [2.05, 4.69) is 21.2 Å². The van der Waals surface area contributed by atoms with Gasteiger partial charge in [-0.1, -0.05) is 40.9 Å². The standard InChI is InChI=1S/C15H21BrN2O/c16-13-7-5-11(6-8-13)9-15(19)18-14(10-17)12-3-1-2-4-12/h5-8,12,14H,1-4,9-10,17H2,(H,18,19). The minimum Gasteiger partial charge on any atom is -0.352 e. The number of amides is 1. The second-order valence-corrected chi connectivity index (χ2v) is 6.17. The van der Waals surface area contributed by atoms with E-state index in [1.54, 1.807) is 0 Å². The molecule has 0 radical (unpaired) electrons. The Hall–Kier alpha value is -0.870. The van der Waals surface area contributed by atoms with Crippen LogP contribution < -0.4 is 11.1 Å². The molecular weight excluding hydrogens is 304 g/mol. The summed E-state index contributed by atoms with van der Waals surface area (Å²) < 4.78 is 1.03. The summed E-state index contributed by atoms with van der Waals surface area (Å²) in [5, 5.41) is 3.10. The summed E-state index contributed by atoms with van der Waals surface area (Å²) in [6.45, 7) is 0.538. The zero-order chi connectivity index (χ0) is 13.7. The Morgan fingerprint density at radius 1 is 1.32 bits per heavy atom. The zero-order valence-corrected chi connectivity index (χ0v) is 12.7. The van der Waals surface area contributed by atoms with Gasteiger partial charge in [-0.3, -0.25) is 4.79 Å². The van der Waals surface area contributed by atoms with E-state index in [1.807, 2.05) is 24.3 Å². The van der Waals surface area contributed by atoms with E-state index in [9.17, 15) is 4.79 Å². The third-order valence-corrected chi connectivity index (χ3v) is 4.38. The molecule has 104 valence electrons. The van der Waals surface area contributed by atoms with E-state index in [4.69, 9.17) is 5.73 Å². The molecule has 1 aromatic carbocycles. The molecule has 1 atom stereocenters. The van der Waals surface area contributed by atoms with Gasteiger partial charge in [-0.2, -0.15) is 0 Å². The fourth-order valence-corrected chi connectivity index (χ4v) is 3.04. The lowest BCUT2D eigenvalue weighted by atomic mass is 9.98. The summed E-state index contributed by atoms with van der Waals surface area (Å²) in [5.41, 5.74) is 6.82. The molecule has 0 aliphatic heterocycles. The Bertz CT molecular complexity index is 413. The maximum absolute atomic E-state index is 12.0. The molecule has 0 heterocycles. The lowest BCUT2D eigenvalue weighted by Gasteiger charge is -2.23. The molecule has 0 saturated heterocycles. The van der Waals surface area contributed by atoms with Crippen molar-refractivity contribution in [2.45, 2.75) is 38.1 Å². The van der Waals surface area contributed by atoms with Gasteiger partial charge in [-0.15, -0.1) is 0 Å². The summed E-state index contributed by atoms with van der Waals surface area (Å²) >= 11 is 3.39. The van der Waals surface area contributed by atoms with E-state index in [0.717, 1.165) is 10.0 Å². The van der Waals surface area contributed by atoms with Crippen LogP contribution in [0.4, 0.5) is 0 Å². The van der Waals surface area contributed by atoms with Crippen LogP contribution in [0, 0.1) is 5.92 Å². The van der Waals surface area contributed by atoms with Crippen molar-refractivity contribution in [1.82, 2.24) is 5.32 Å². The number of benzene rings is 1. The first-order chi connectivity index (χ1) is 9.19. The fourth-order valence-electron chi connectivity index (χ4n) is 2.77. The average molecular weight is 325 g/mol. The molecule has 2 rings (SSSR count). The van der Waals surface area contributed by atoms with Crippen molar-refractivity contribution >= 4 is 21.8 Å². The lowest BCUT2D eigenvalue weighted by Crippen LogP contribution is -2.45. The molecule has 3 N–H and O–H groups in total. The van der Waals surface area contributed by atoms with Crippen molar-refractivity contribution in [2.24, 2.45) is 11.7 Å². The predicted octanol–water partition coefficient (Wildman–Crippen LogP) is 2.63. The van der Waals surface area contributed by atoms with Crippen LogP contribution in [0.2, 0.25) is 0 Å². The second kappa shape index (κ2) is 7.06. The first-order valence-electron chi connectivity index (χ1n) is 6.93. The van der Waals surface area contributed by atoms with Gasteiger partial charge in [0.1, 0.15) is 0 Å². The number of hydrogen-bond donors (Lipinski definition) is 2. The van der Waals surface area contributed by atoms with Crippen molar-refractivity contribution in [1.29, 1.82) is 0 Å². The first-order valence-corrected chi connectivity index (χ1v) is 7.72. The maximum Gasteiger partial charge on any atom is 0.224 e. The highest BCUT2D eigenvalue weighted by atomic mass is 79.9. The maximum atomic E-state index is 12.0. The number of rotatable bonds is 5. The highest BCUT2D eigenvalue weighted by Gasteiger charge is 2.25. The van der Waals surface area contributed by atoms with Gasteiger partial charge >= 0.3 is 0 Å². The number of hydrogen-bond acceptors (Lipinski definition) is 2. The Morgan fingerprint density at radius 2 is 1.95 bits per heavy atom. The Kier molecular flexibility index (Phi) is 5.40. The van der Waals surface area contributed by atoms with Crippen molar-refractivity contribution in [3.63, 3.8) is 0 Å². The molecule has 1 aliphatic rings. The first kappa shape index (κ1) is 14.5. The highest BCUT2D eigenvalue weighted by molar-refractivity contribution is 9.10. The molecular formula is C15H21BrN2O. The second-order valence-electron chi connectivity index (χ2n) is 5.26. The molecule has 1 amide bonds. The van der Waals surface area contributed by atoms with E-state index in [0.29, 0.717) is 18.9 Å². The predicted molar refractivity (Wildman–Crippen MR) is 80.8 cm³/mol.